The van der Waals surface area contributed by atoms with Crippen LogP contribution in [0.15, 0.2) is 24.3 Å². The molecule has 7 nitrogen and oxygen atoms in total. The standard InChI is InChI=1S/C46H90O7/c1-7-13-41-51-45(39-35-31-27-23-19-15-17-21-25-29-33-37-43(47-9-3)48-10-4)53-46(52-42-14-8-2)40-36-32-28-24-20-16-18-22-26-30-34-38-44(49-11-5)50-12-6/h35-36,39-40,43-46H,7-34,37-38,41-42H2,1-6H3. The molecular formula is C46H90O7. The Labute approximate surface area is 330 Å². The van der Waals surface area contributed by atoms with Gasteiger partial charge in [0.2, 0.25) is 0 Å². The molecule has 0 aliphatic carbocycles. The minimum atomic E-state index is -0.369. The van der Waals surface area contributed by atoms with E-state index in [-0.39, 0.29) is 25.2 Å². The van der Waals surface area contributed by atoms with E-state index < -0.39 is 0 Å². The lowest BCUT2D eigenvalue weighted by Crippen LogP contribution is -2.25. The molecule has 2 unspecified atom stereocenters. The third-order valence-electron chi connectivity index (χ3n) is 9.45. The molecule has 0 radical (unpaired) electrons. The summed E-state index contributed by atoms with van der Waals surface area (Å²) in [6, 6.07) is 0. The zero-order valence-electron chi connectivity index (χ0n) is 36.1. The van der Waals surface area contributed by atoms with Crippen LogP contribution >= 0.6 is 0 Å². The third kappa shape index (κ3) is 37.9. The van der Waals surface area contributed by atoms with Crippen LogP contribution in [0.3, 0.4) is 0 Å². The Hall–Kier alpha value is -0.800. The van der Waals surface area contributed by atoms with E-state index in [4.69, 9.17) is 33.2 Å². The predicted molar refractivity (Wildman–Crippen MR) is 224 cm³/mol. The summed E-state index contributed by atoms with van der Waals surface area (Å²) in [5.74, 6) is 0. The largest absolute Gasteiger partial charge is 0.353 e. The molecular weight excluding hydrogens is 664 g/mol. The van der Waals surface area contributed by atoms with E-state index in [0.717, 1.165) is 77.8 Å². The molecule has 0 N–H and O–H groups in total. The minimum absolute atomic E-state index is 0.0140. The van der Waals surface area contributed by atoms with Crippen molar-refractivity contribution in [2.45, 2.75) is 234 Å². The Bertz CT molecular complexity index is 673. The maximum atomic E-state index is 6.37. The highest BCUT2D eigenvalue weighted by molar-refractivity contribution is 4.89. The van der Waals surface area contributed by atoms with E-state index in [9.17, 15) is 0 Å². The zero-order valence-corrected chi connectivity index (χ0v) is 36.1. The molecule has 0 aliphatic heterocycles. The molecule has 0 fully saturated rings. The summed E-state index contributed by atoms with van der Waals surface area (Å²) in [6.45, 7) is 16.9. The molecule has 0 saturated heterocycles. The third-order valence-corrected chi connectivity index (χ3v) is 9.45. The van der Waals surface area contributed by atoms with Crippen molar-refractivity contribution < 1.29 is 33.2 Å². The van der Waals surface area contributed by atoms with E-state index in [1.807, 2.05) is 27.7 Å². The van der Waals surface area contributed by atoms with Gasteiger partial charge in [-0.15, -0.1) is 0 Å². The SMILES string of the molecule is CCCCOC(C=CCCCCCCCCCCCC(OCC)OCC)OC(C=CCCCCCCCCCCCC(OCC)OCC)OCCCC. The topological polar surface area (TPSA) is 64.6 Å². The molecule has 0 aromatic carbocycles. The number of allylic oxidation sites excluding steroid dienone is 2. The summed E-state index contributed by atoms with van der Waals surface area (Å²) < 4.78 is 41.3. The molecule has 0 aliphatic rings. The van der Waals surface area contributed by atoms with Gasteiger partial charge >= 0.3 is 0 Å². The van der Waals surface area contributed by atoms with Crippen molar-refractivity contribution >= 4 is 0 Å². The molecule has 0 amide bonds. The molecule has 0 aromatic rings. The van der Waals surface area contributed by atoms with E-state index in [1.54, 1.807) is 0 Å². The second kappa shape index (κ2) is 43.9. The van der Waals surface area contributed by atoms with Crippen LogP contribution in [-0.2, 0) is 33.2 Å². The van der Waals surface area contributed by atoms with E-state index >= 15 is 0 Å². The van der Waals surface area contributed by atoms with Crippen molar-refractivity contribution in [3.05, 3.63) is 24.3 Å². The monoisotopic (exact) mass is 755 g/mol. The molecule has 0 heterocycles. The van der Waals surface area contributed by atoms with Gasteiger partial charge in [-0.1, -0.05) is 129 Å². The van der Waals surface area contributed by atoms with Crippen molar-refractivity contribution in [2.24, 2.45) is 0 Å². The van der Waals surface area contributed by atoms with Crippen molar-refractivity contribution in [2.75, 3.05) is 39.6 Å². The van der Waals surface area contributed by atoms with Gasteiger partial charge in [-0.3, -0.25) is 0 Å². The van der Waals surface area contributed by atoms with Crippen molar-refractivity contribution in [1.29, 1.82) is 0 Å². The highest BCUT2D eigenvalue weighted by atomic mass is 16.8. The Morgan fingerprint density at radius 1 is 0.340 bits per heavy atom. The van der Waals surface area contributed by atoms with Crippen LogP contribution in [0.4, 0.5) is 0 Å². The summed E-state index contributed by atoms with van der Waals surface area (Å²) in [5, 5.41) is 0. The van der Waals surface area contributed by atoms with E-state index in [0.29, 0.717) is 13.2 Å². The van der Waals surface area contributed by atoms with Crippen LogP contribution in [0.1, 0.15) is 208 Å². The van der Waals surface area contributed by atoms with Gasteiger partial charge in [-0.25, -0.2) is 0 Å². The number of hydrogen-bond acceptors (Lipinski definition) is 7. The Kier molecular flexibility index (Phi) is 43.3. The average Bonchev–Trinajstić information content (AvgIpc) is 3.15. The van der Waals surface area contributed by atoms with Crippen LogP contribution in [0, 0.1) is 0 Å². The fourth-order valence-electron chi connectivity index (χ4n) is 6.31. The second-order valence-corrected chi connectivity index (χ2v) is 14.4. The smallest absolute Gasteiger partial charge is 0.180 e. The number of unbranched alkanes of at least 4 members (excludes halogenated alkanes) is 20. The predicted octanol–water partition coefficient (Wildman–Crippen LogP) is 13.8. The molecule has 7 heteroatoms. The van der Waals surface area contributed by atoms with Crippen LogP contribution in [0.2, 0.25) is 0 Å². The van der Waals surface area contributed by atoms with Gasteiger partial charge in [0.15, 0.2) is 25.2 Å². The first-order valence-electron chi connectivity index (χ1n) is 22.8. The van der Waals surface area contributed by atoms with Gasteiger partial charge in [0.05, 0.1) is 13.2 Å². The van der Waals surface area contributed by atoms with Gasteiger partial charge in [-0.05, 0) is 104 Å². The Morgan fingerprint density at radius 3 is 0.943 bits per heavy atom. The van der Waals surface area contributed by atoms with Crippen molar-refractivity contribution in [3.8, 4) is 0 Å². The summed E-state index contributed by atoms with van der Waals surface area (Å²) >= 11 is 0. The van der Waals surface area contributed by atoms with Gasteiger partial charge in [0.25, 0.3) is 0 Å². The van der Waals surface area contributed by atoms with Gasteiger partial charge in [-0.2, -0.15) is 0 Å². The first-order valence-corrected chi connectivity index (χ1v) is 22.8. The van der Waals surface area contributed by atoms with E-state index in [1.165, 1.54) is 116 Å². The van der Waals surface area contributed by atoms with Crippen molar-refractivity contribution in [3.63, 3.8) is 0 Å². The summed E-state index contributed by atoms with van der Waals surface area (Å²) in [4.78, 5) is 0. The van der Waals surface area contributed by atoms with Gasteiger partial charge < -0.3 is 33.2 Å². The summed E-state index contributed by atoms with van der Waals surface area (Å²) in [6.07, 6.45) is 39.7. The highest BCUT2D eigenvalue weighted by Gasteiger charge is 2.13. The first kappa shape index (κ1) is 52.2. The van der Waals surface area contributed by atoms with Crippen LogP contribution < -0.4 is 0 Å². The van der Waals surface area contributed by atoms with E-state index in [2.05, 4.69) is 38.2 Å². The first-order chi connectivity index (χ1) is 26.1. The Balaban J connectivity index is 4.29. The summed E-state index contributed by atoms with van der Waals surface area (Å²) in [5.41, 5.74) is 0. The second-order valence-electron chi connectivity index (χ2n) is 14.4. The molecule has 316 valence electrons. The number of hydrogen-bond donors (Lipinski definition) is 0. The molecule has 0 aromatic heterocycles. The maximum Gasteiger partial charge on any atom is 0.180 e. The quantitative estimate of drug-likeness (QED) is 0.0349. The molecule has 0 bridgehead atoms. The summed E-state index contributed by atoms with van der Waals surface area (Å²) in [7, 11) is 0. The zero-order chi connectivity index (χ0) is 38.7. The molecule has 0 rings (SSSR count). The average molecular weight is 755 g/mol. The molecule has 0 saturated carbocycles. The molecule has 53 heavy (non-hydrogen) atoms. The lowest BCUT2D eigenvalue weighted by atomic mass is 10.1. The van der Waals surface area contributed by atoms with Crippen LogP contribution in [0.25, 0.3) is 0 Å². The van der Waals surface area contributed by atoms with Crippen LogP contribution in [-0.4, -0.2) is 64.8 Å². The van der Waals surface area contributed by atoms with Crippen LogP contribution in [0.5, 0.6) is 0 Å². The van der Waals surface area contributed by atoms with Gasteiger partial charge in [0, 0.05) is 26.4 Å². The number of ether oxygens (including phenoxy) is 7. The highest BCUT2D eigenvalue weighted by Crippen LogP contribution is 2.16. The molecule has 2 atom stereocenters. The Morgan fingerprint density at radius 2 is 0.642 bits per heavy atom. The fraction of sp³-hybridized carbons (Fsp3) is 0.913. The maximum absolute atomic E-state index is 6.37. The normalized spacial score (nSPS) is 13.4. The lowest BCUT2D eigenvalue weighted by Gasteiger charge is -2.21. The lowest BCUT2D eigenvalue weighted by molar-refractivity contribution is -0.208. The molecule has 0 spiro atoms. The fourth-order valence-corrected chi connectivity index (χ4v) is 6.31. The van der Waals surface area contributed by atoms with Crippen molar-refractivity contribution in [1.82, 2.24) is 0 Å². The minimum Gasteiger partial charge on any atom is -0.353 e. The van der Waals surface area contributed by atoms with Gasteiger partial charge in [0.1, 0.15) is 0 Å². The number of rotatable bonds is 44.